The van der Waals surface area contributed by atoms with Crippen LogP contribution in [0.1, 0.15) is 41.5 Å². The van der Waals surface area contributed by atoms with Gasteiger partial charge in [-0.25, -0.2) is 9.78 Å². The molecular formula is C19H19N3O2. The summed E-state index contributed by atoms with van der Waals surface area (Å²) >= 11 is 0. The first-order valence-electron chi connectivity index (χ1n) is 8.16. The topological polar surface area (TPSA) is 75.0 Å². The van der Waals surface area contributed by atoms with E-state index in [-0.39, 0.29) is 12.4 Å². The fourth-order valence-corrected chi connectivity index (χ4v) is 2.95. The average Bonchev–Trinajstić information content (AvgIpc) is 2.86. The van der Waals surface area contributed by atoms with Crippen molar-refractivity contribution in [2.75, 3.05) is 5.32 Å². The smallest absolute Gasteiger partial charge is 0.413 e. The summed E-state index contributed by atoms with van der Waals surface area (Å²) in [5, 5.41) is 12.1. The number of amides is 1. The molecule has 0 aliphatic heterocycles. The Bertz CT molecular complexity index is 766. The Kier molecular flexibility index (Phi) is 5.07. The summed E-state index contributed by atoms with van der Waals surface area (Å²) in [5.74, 6) is 0.288. The molecule has 1 N–H and O–H groups in total. The molecule has 1 amide bonds. The zero-order valence-corrected chi connectivity index (χ0v) is 13.4. The highest BCUT2D eigenvalue weighted by Gasteiger charge is 2.18. The van der Waals surface area contributed by atoms with E-state index in [9.17, 15) is 10.1 Å². The summed E-state index contributed by atoms with van der Waals surface area (Å²) in [4.78, 5) is 16.3. The fraction of sp³-hybridized carbons (Fsp3) is 0.316. The van der Waals surface area contributed by atoms with Gasteiger partial charge in [0.2, 0.25) is 0 Å². The van der Waals surface area contributed by atoms with Crippen molar-refractivity contribution in [3.8, 4) is 6.07 Å². The van der Waals surface area contributed by atoms with Gasteiger partial charge in [-0.15, -0.1) is 0 Å². The van der Waals surface area contributed by atoms with Gasteiger partial charge >= 0.3 is 6.09 Å². The summed E-state index contributed by atoms with van der Waals surface area (Å²) in [5.41, 5.74) is 3.50. The van der Waals surface area contributed by atoms with Gasteiger partial charge in [-0.2, -0.15) is 5.26 Å². The molecule has 1 aliphatic carbocycles. The van der Waals surface area contributed by atoms with Gasteiger partial charge in [0, 0.05) is 6.20 Å². The van der Waals surface area contributed by atoms with Crippen LogP contribution < -0.4 is 5.32 Å². The summed E-state index contributed by atoms with van der Waals surface area (Å²) < 4.78 is 5.20. The van der Waals surface area contributed by atoms with Crippen molar-refractivity contribution in [3.05, 3.63) is 58.8 Å². The number of carbonyl (C=O) groups excluding carboxylic acids is 1. The Morgan fingerprint density at radius 1 is 1.21 bits per heavy atom. The number of nitrogens with one attached hydrogen (secondary N) is 1. The third kappa shape index (κ3) is 3.72. The highest BCUT2D eigenvalue weighted by molar-refractivity contribution is 5.85. The van der Waals surface area contributed by atoms with E-state index >= 15 is 0 Å². The van der Waals surface area contributed by atoms with E-state index in [0.29, 0.717) is 5.56 Å². The summed E-state index contributed by atoms with van der Waals surface area (Å²) in [6.07, 6.45) is 6.30. The van der Waals surface area contributed by atoms with Crippen molar-refractivity contribution in [2.45, 2.75) is 38.7 Å². The number of aryl methyl sites for hydroxylation is 1. The second-order valence-corrected chi connectivity index (χ2v) is 5.84. The number of hydrogen-bond acceptors (Lipinski definition) is 4. The minimum Gasteiger partial charge on any atom is -0.444 e. The molecule has 1 heterocycles. The summed E-state index contributed by atoms with van der Waals surface area (Å²) in [6, 6.07) is 11.6. The molecular weight excluding hydrogens is 302 g/mol. The van der Waals surface area contributed by atoms with Crippen molar-refractivity contribution >= 4 is 11.9 Å². The zero-order chi connectivity index (χ0) is 16.8. The third-order valence-corrected chi connectivity index (χ3v) is 4.19. The molecule has 1 aromatic carbocycles. The van der Waals surface area contributed by atoms with Crippen LogP contribution in [0.3, 0.4) is 0 Å². The van der Waals surface area contributed by atoms with Gasteiger partial charge in [0.05, 0.1) is 5.56 Å². The van der Waals surface area contributed by atoms with E-state index in [1.165, 1.54) is 0 Å². The van der Waals surface area contributed by atoms with Crippen molar-refractivity contribution in [1.82, 2.24) is 4.98 Å². The first-order chi connectivity index (χ1) is 11.8. The van der Waals surface area contributed by atoms with Crippen molar-refractivity contribution in [2.24, 2.45) is 0 Å². The Morgan fingerprint density at radius 3 is 2.79 bits per heavy atom. The second-order valence-electron chi connectivity index (χ2n) is 5.84. The van der Waals surface area contributed by atoms with Crippen LogP contribution >= 0.6 is 0 Å². The number of ether oxygens (including phenoxy) is 1. The number of benzene rings is 1. The van der Waals surface area contributed by atoms with Gasteiger partial charge in [-0.3, -0.25) is 5.32 Å². The largest absolute Gasteiger partial charge is 0.444 e. The van der Waals surface area contributed by atoms with Crippen molar-refractivity contribution < 1.29 is 9.53 Å². The number of fused-ring (bicyclic) bond motifs is 1. The molecule has 0 atom stereocenters. The lowest BCUT2D eigenvalue weighted by molar-refractivity contribution is 0.155. The number of hydrogen-bond donors (Lipinski definition) is 1. The van der Waals surface area contributed by atoms with E-state index in [0.717, 1.165) is 48.8 Å². The molecule has 0 saturated carbocycles. The second kappa shape index (κ2) is 7.60. The quantitative estimate of drug-likeness (QED) is 0.868. The lowest BCUT2D eigenvalue weighted by Gasteiger charge is -2.12. The number of nitrogens with zero attached hydrogens (tertiary/aromatic N) is 2. The van der Waals surface area contributed by atoms with E-state index in [4.69, 9.17) is 4.74 Å². The summed E-state index contributed by atoms with van der Waals surface area (Å²) in [6.45, 7) is 0.180. The minimum atomic E-state index is -0.601. The van der Waals surface area contributed by atoms with Crippen LogP contribution in [0.15, 0.2) is 36.5 Å². The molecule has 0 saturated heterocycles. The molecule has 2 aromatic rings. The highest BCUT2D eigenvalue weighted by Crippen LogP contribution is 2.27. The first kappa shape index (κ1) is 16.0. The standard InChI is InChI=1S/C19H19N3O2/c20-11-17-16-10-6-2-5-9-15(16)12-21-18(17)22-19(23)24-13-14-7-3-1-4-8-14/h1,3-4,7-8,12H,2,5-6,9-10,13H2,(H,21,22,23). The molecule has 0 fully saturated rings. The Morgan fingerprint density at radius 2 is 2.00 bits per heavy atom. The molecule has 0 spiro atoms. The number of pyridine rings is 1. The normalized spacial score (nSPS) is 13.3. The van der Waals surface area contributed by atoms with Gasteiger partial charge in [0.15, 0.2) is 5.82 Å². The molecule has 24 heavy (non-hydrogen) atoms. The van der Waals surface area contributed by atoms with Gasteiger partial charge in [-0.05, 0) is 42.4 Å². The predicted octanol–water partition coefficient (Wildman–Crippen LogP) is 3.97. The Hall–Kier alpha value is -2.87. The molecule has 1 aliphatic rings. The number of aromatic nitrogens is 1. The van der Waals surface area contributed by atoms with Crippen LogP contribution in [-0.4, -0.2) is 11.1 Å². The van der Waals surface area contributed by atoms with Crippen LogP contribution in [0.25, 0.3) is 0 Å². The van der Waals surface area contributed by atoms with Gasteiger partial charge < -0.3 is 4.74 Å². The van der Waals surface area contributed by atoms with E-state index in [2.05, 4.69) is 16.4 Å². The average molecular weight is 321 g/mol. The number of rotatable bonds is 3. The highest BCUT2D eigenvalue weighted by atomic mass is 16.5. The molecule has 3 rings (SSSR count). The monoisotopic (exact) mass is 321 g/mol. The molecule has 0 radical (unpaired) electrons. The summed E-state index contributed by atoms with van der Waals surface area (Å²) in [7, 11) is 0. The van der Waals surface area contributed by atoms with Crippen LogP contribution in [0.2, 0.25) is 0 Å². The SMILES string of the molecule is N#Cc1c(NC(=O)OCc2ccccc2)ncc2c1CCCCC2. The maximum Gasteiger partial charge on any atom is 0.413 e. The van der Waals surface area contributed by atoms with Gasteiger partial charge in [0.1, 0.15) is 12.7 Å². The van der Waals surface area contributed by atoms with Gasteiger partial charge in [-0.1, -0.05) is 36.8 Å². The lowest BCUT2D eigenvalue weighted by atomic mass is 10.00. The Labute approximate surface area is 141 Å². The number of anilines is 1. The fourth-order valence-electron chi connectivity index (χ4n) is 2.95. The van der Waals surface area contributed by atoms with E-state index in [1.54, 1.807) is 6.20 Å². The van der Waals surface area contributed by atoms with Crippen LogP contribution in [0.5, 0.6) is 0 Å². The molecule has 1 aromatic heterocycles. The van der Waals surface area contributed by atoms with Crippen LogP contribution in [0.4, 0.5) is 10.6 Å². The van der Waals surface area contributed by atoms with Crippen LogP contribution in [-0.2, 0) is 24.2 Å². The molecule has 122 valence electrons. The van der Waals surface area contributed by atoms with Crippen molar-refractivity contribution in [3.63, 3.8) is 0 Å². The molecule has 0 unspecified atom stereocenters. The number of nitriles is 1. The van der Waals surface area contributed by atoms with Gasteiger partial charge in [0.25, 0.3) is 0 Å². The van der Waals surface area contributed by atoms with E-state index in [1.807, 2.05) is 30.3 Å². The molecule has 5 heteroatoms. The third-order valence-electron chi connectivity index (χ3n) is 4.19. The minimum absolute atomic E-state index is 0.180. The van der Waals surface area contributed by atoms with Crippen LogP contribution in [0, 0.1) is 11.3 Å². The maximum atomic E-state index is 12.0. The molecule has 0 bridgehead atoms. The lowest BCUT2D eigenvalue weighted by Crippen LogP contribution is -2.16. The van der Waals surface area contributed by atoms with Crippen molar-refractivity contribution in [1.29, 1.82) is 5.26 Å². The maximum absolute atomic E-state index is 12.0. The first-order valence-corrected chi connectivity index (χ1v) is 8.16. The zero-order valence-electron chi connectivity index (χ0n) is 13.4. The number of carbonyl (C=O) groups is 1. The predicted molar refractivity (Wildman–Crippen MR) is 90.5 cm³/mol. The molecule has 5 nitrogen and oxygen atoms in total. The van der Waals surface area contributed by atoms with E-state index < -0.39 is 6.09 Å². The Balaban J connectivity index is 1.71.